The molecule has 0 aliphatic carbocycles. The molecule has 28 heavy (non-hydrogen) atoms. The Balaban J connectivity index is 1.72. The molecule has 3 rings (SSSR count). The SMILES string of the molecule is Cc1cc(Nc2ccc(OC(C)C)cc2)nc(Nc2ccc(N(C)C)cc2)n1. The maximum atomic E-state index is 5.68. The topological polar surface area (TPSA) is 62.3 Å². The van der Waals surface area contributed by atoms with Crippen LogP contribution in [0.15, 0.2) is 54.6 Å². The molecular formula is C22H27N5O. The summed E-state index contributed by atoms with van der Waals surface area (Å²) in [5.41, 5.74) is 3.90. The predicted molar refractivity (Wildman–Crippen MR) is 116 cm³/mol. The Labute approximate surface area is 166 Å². The third kappa shape index (κ3) is 5.36. The first-order valence-corrected chi connectivity index (χ1v) is 9.33. The molecule has 146 valence electrons. The fourth-order valence-electron chi connectivity index (χ4n) is 2.70. The van der Waals surface area contributed by atoms with E-state index in [4.69, 9.17) is 4.74 Å². The molecule has 0 radical (unpaired) electrons. The first-order chi connectivity index (χ1) is 13.4. The maximum absolute atomic E-state index is 5.68. The van der Waals surface area contributed by atoms with Gasteiger partial charge in [-0.15, -0.1) is 0 Å². The Morgan fingerprint density at radius 3 is 2.07 bits per heavy atom. The summed E-state index contributed by atoms with van der Waals surface area (Å²) in [6.45, 7) is 5.98. The van der Waals surface area contributed by atoms with Gasteiger partial charge in [0.25, 0.3) is 0 Å². The van der Waals surface area contributed by atoms with Gasteiger partial charge in [-0.25, -0.2) is 4.98 Å². The van der Waals surface area contributed by atoms with Crippen molar-refractivity contribution >= 4 is 28.8 Å². The second-order valence-corrected chi connectivity index (χ2v) is 7.10. The van der Waals surface area contributed by atoms with Crippen LogP contribution in [0.25, 0.3) is 0 Å². The minimum Gasteiger partial charge on any atom is -0.491 e. The van der Waals surface area contributed by atoms with Gasteiger partial charge in [-0.05, 0) is 69.3 Å². The summed E-state index contributed by atoms with van der Waals surface area (Å²) in [5.74, 6) is 2.14. The van der Waals surface area contributed by atoms with E-state index in [-0.39, 0.29) is 6.10 Å². The Morgan fingerprint density at radius 2 is 1.46 bits per heavy atom. The van der Waals surface area contributed by atoms with Crippen LogP contribution in [0, 0.1) is 6.92 Å². The highest BCUT2D eigenvalue weighted by molar-refractivity contribution is 5.62. The summed E-state index contributed by atoms with van der Waals surface area (Å²) in [7, 11) is 4.04. The van der Waals surface area contributed by atoms with Crippen LogP contribution in [0.5, 0.6) is 5.75 Å². The zero-order valence-electron chi connectivity index (χ0n) is 17.0. The number of hydrogen-bond donors (Lipinski definition) is 2. The van der Waals surface area contributed by atoms with E-state index in [1.165, 1.54) is 0 Å². The van der Waals surface area contributed by atoms with Crippen molar-refractivity contribution in [3.05, 3.63) is 60.3 Å². The third-order valence-electron chi connectivity index (χ3n) is 3.99. The Hall–Kier alpha value is -3.28. The molecule has 0 saturated heterocycles. The van der Waals surface area contributed by atoms with Gasteiger partial charge in [-0.1, -0.05) is 0 Å². The van der Waals surface area contributed by atoms with E-state index in [9.17, 15) is 0 Å². The molecule has 0 unspecified atom stereocenters. The van der Waals surface area contributed by atoms with Crippen LogP contribution in [0.2, 0.25) is 0 Å². The van der Waals surface area contributed by atoms with Crippen molar-refractivity contribution < 1.29 is 4.74 Å². The molecule has 0 bridgehead atoms. The van der Waals surface area contributed by atoms with Crippen molar-refractivity contribution in [3.63, 3.8) is 0 Å². The number of aryl methyl sites for hydroxylation is 1. The normalized spacial score (nSPS) is 10.6. The van der Waals surface area contributed by atoms with Crippen LogP contribution in [-0.4, -0.2) is 30.2 Å². The average molecular weight is 377 g/mol. The van der Waals surface area contributed by atoms with Gasteiger partial charge in [0.2, 0.25) is 5.95 Å². The van der Waals surface area contributed by atoms with Crippen molar-refractivity contribution in [2.24, 2.45) is 0 Å². The van der Waals surface area contributed by atoms with E-state index in [1.807, 2.05) is 77.3 Å². The van der Waals surface area contributed by atoms with E-state index < -0.39 is 0 Å². The highest BCUT2D eigenvalue weighted by atomic mass is 16.5. The quantitative estimate of drug-likeness (QED) is 0.595. The molecule has 2 aromatic carbocycles. The van der Waals surface area contributed by atoms with E-state index in [0.29, 0.717) is 5.95 Å². The van der Waals surface area contributed by atoms with Gasteiger partial charge in [0.05, 0.1) is 6.10 Å². The monoisotopic (exact) mass is 377 g/mol. The molecule has 1 heterocycles. The summed E-state index contributed by atoms with van der Waals surface area (Å²) in [4.78, 5) is 11.1. The van der Waals surface area contributed by atoms with Gasteiger partial charge in [0, 0.05) is 42.9 Å². The fraction of sp³-hybridized carbons (Fsp3) is 0.273. The molecule has 0 spiro atoms. The van der Waals surface area contributed by atoms with Gasteiger partial charge < -0.3 is 20.3 Å². The molecule has 0 saturated carbocycles. The molecule has 6 nitrogen and oxygen atoms in total. The molecule has 0 atom stereocenters. The van der Waals surface area contributed by atoms with E-state index >= 15 is 0 Å². The minimum atomic E-state index is 0.156. The molecule has 2 N–H and O–H groups in total. The van der Waals surface area contributed by atoms with Crippen molar-refractivity contribution in [2.45, 2.75) is 26.9 Å². The van der Waals surface area contributed by atoms with Crippen LogP contribution in [-0.2, 0) is 0 Å². The molecule has 0 aliphatic rings. The number of rotatable bonds is 7. The van der Waals surface area contributed by atoms with Gasteiger partial charge in [-0.2, -0.15) is 4.98 Å². The van der Waals surface area contributed by atoms with Crippen LogP contribution in [0.1, 0.15) is 19.5 Å². The maximum Gasteiger partial charge on any atom is 0.229 e. The van der Waals surface area contributed by atoms with E-state index in [2.05, 4.69) is 37.6 Å². The first-order valence-electron chi connectivity index (χ1n) is 9.33. The number of nitrogens with zero attached hydrogens (tertiary/aromatic N) is 3. The van der Waals surface area contributed by atoms with E-state index in [0.717, 1.165) is 34.3 Å². The molecule has 0 fully saturated rings. The van der Waals surface area contributed by atoms with Gasteiger partial charge in [0.15, 0.2) is 0 Å². The van der Waals surface area contributed by atoms with Crippen molar-refractivity contribution in [3.8, 4) is 5.75 Å². The second-order valence-electron chi connectivity index (χ2n) is 7.10. The number of nitrogens with one attached hydrogen (secondary N) is 2. The Kier molecular flexibility index (Phi) is 5.99. The average Bonchev–Trinajstić information content (AvgIpc) is 2.63. The zero-order valence-corrected chi connectivity index (χ0v) is 17.0. The Morgan fingerprint density at radius 1 is 0.857 bits per heavy atom. The van der Waals surface area contributed by atoms with Crippen molar-refractivity contribution in [1.82, 2.24) is 9.97 Å². The van der Waals surface area contributed by atoms with Crippen LogP contribution in [0.4, 0.5) is 28.8 Å². The lowest BCUT2D eigenvalue weighted by Gasteiger charge is -2.14. The summed E-state index contributed by atoms with van der Waals surface area (Å²) in [5, 5.41) is 6.59. The van der Waals surface area contributed by atoms with Crippen LogP contribution < -0.4 is 20.3 Å². The molecule has 0 amide bonds. The summed E-state index contributed by atoms with van der Waals surface area (Å²) in [6, 6.07) is 17.9. The zero-order chi connectivity index (χ0) is 20.1. The number of hydrogen-bond acceptors (Lipinski definition) is 6. The molecule has 1 aromatic heterocycles. The highest BCUT2D eigenvalue weighted by Gasteiger charge is 2.05. The number of aromatic nitrogens is 2. The van der Waals surface area contributed by atoms with Gasteiger partial charge in [0.1, 0.15) is 11.6 Å². The lowest BCUT2D eigenvalue weighted by atomic mass is 10.2. The summed E-state index contributed by atoms with van der Waals surface area (Å²) >= 11 is 0. The summed E-state index contributed by atoms with van der Waals surface area (Å²) in [6.07, 6.45) is 0.156. The van der Waals surface area contributed by atoms with Crippen LogP contribution >= 0.6 is 0 Å². The van der Waals surface area contributed by atoms with Gasteiger partial charge in [-0.3, -0.25) is 0 Å². The minimum absolute atomic E-state index is 0.156. The first kappa shape index (κ1) is 19.5. The van der Waals surface area contributed by atoms with Gasteiger partial charge >= 0.3 is 0 Å². The molecule has 6 heteroatoms. The smallest absolute Gasteiger partial charge is 0.229 e. The van der Waals surface area contributed by atoms with Crippen molar-refractivity contribution in [2.75, 3.05) is 29.6 Å². The van der Waals surface area contributed by atoms with E-state index in [1.54, 1.807) is 0 Å². The fourth-order valence-corrected chi connectivity index (χ4v) is 2.70. The molecular weight excluding hydrogens is 350 g/mol. The second kappa shape index (κ2) is 8.61. The highest BCUT2D eigenvalue weighted by Crippen LogP contribution is 2.23. The molecule has 3 aromatic rings. The molecule has 0 aliphatic heterocycles. The lowest BCUT2D eigenvalue weighted by Crippen LogP contribution is -2.08. The Bertz CT molecular complexity index is 905. The lowest BCUT2D eigenvalue weighted by molar-refractivity contribution is 0.242. The number of ether oxygens (including phenoxy) is 1. The summed E-state index contributed by atoms with van der Waals surface area (Å²) < 4.78 is 5.68. The third-order valence-corrected chi connectivity index (χ3v) is 3.99. The number of anilines is 5. The predicted octanol–water partition coefficient (Wildman–Crippen LogP) is 5.13. The van der Waals surface area contributed by atoms with Crippen molar-refractivity contribution in [1.29, 1.82) is 0 Å². The number of benzene rings is 2. The standard InChI is InChI=1S/C22H27N5O/c1-15(2)28-20-12-8-17(9-13-20)24-21-14-16(3)23-22(26-21)25-18-6-10-19(11-7-18)27(4)5/h6-15H,1-5H3,(H2,23,24,25,26). The van der Waals surface area contributed by atoms with Crippen LogP contribution in [0.3, 0.4) is 0 Å². The largest absolute Gasteiger partial charge is 0.491 e.